The first-order valence-electron chi connectivity index (χ1n) is 7.31. The lowest BCUT2D eigenvalue weighted by atomic mass is 10.0. The number of carboxylic acids is 1. The van der Waals surface area contributed by atoms with Crippen LogP contribution in [0.2, 0.25) is 0 Å². The molecule has 0 aliphatic carbocycles. The Morgan fingerprint density at radius 3 is 2.52 bits per heavy atom. The first-order chi connectivity index (χ1) is 10.8. The molecule has 1 aliphatic rings. The highest BCUT2D eigenvalue weighted by molar-refractivity contribution is 5.96. The molecule has 2 rings (SSSR count). The van der Waals surface area contributed by atoms with E-state index in [0.29, 0.717) is 24.2 Å². The Labute approximate surface area is 134 Å². The molecule has 7 heteroatoms. The third kappa shape index (κ3) is 3.61. The third-order valence-corrected chi connectivity index (χ3v) is 4.04. The van der Waals surface area contributed by atoms with Gasteiger partial charge in [-0.25, -0.2) is 9.59 Å². The standard InChI is InChI=1S/C16H20N2O5/c1-9-6-10(2)13(7-12(9)15(21)23-3)17-16(22)18-5-4-11(8-18)14(19)20/h6-7,11H,4-5,8H2,1-3H3,(H,17,22)(H,19,20). The van der Waals surface area contributed by atoms with Gasteiger partial charge in [0.15, 0.2) is 0 Å². The number of benzene rings is 1. The van der Waals surface area contributed by atoms with Gasteiger partial charge in [-0.2, -0.15) is 0 Å². The summed E-state index contributed by atoms with van der Waals surface area (Å²) in [6, 6.07) is 3.02. The Morgan fingerprint density at radius 1 is 1.26 bits per heavy atom. The van der Waals surface area contributed by atoms with Crippen LogP contribution < -0.4 is 5.32 Å². The van der Waals surface area contributed by atoms with Crippen LogP contribution in [0.25, 0.3) is 0 Å². The van der Waals surface area contributed by atoms with Crippen LogP contribution >= 0.6 is 0 Å². The lowest BCUT2D eigenvalue weighted by Crippen LogP contribution is -2.34. The van der Waals surface area contributed by atoms with Gasteiger partial charge in [0.05, 0.1) is 18.6 Å². The number of esters is 1. The number of aryl methyl sites for hydroxylation is 2. The van der Waals surface area contributed by atoms with Gasteiger partial charge in [-0.15, -0.1) is 0 Å². The van der Waals surface area contributed by atoms with E-state index in [-0.39, 0.29) is 12.6 Å². The van der Waals surface area contributed by atoms with Crippen molar-refractivity contribution in [1.82, 2.24) is 4.90 Å². The van der Waals surface area contributed by atoms with E-state index in [0.717, 1.165) is 11.1 Å². The minimum absolute atomic E-state index is 0.190. The van der Waals surface area contributed by atoms with Crippen molar-refractivity contribution < 1.29 is 24.2 Å². The van der Waals surface area contributed by atoms with E-state index in [9.17, 15) is 14.4 Å². The maximum atomic E-state index is 12.3. The van der Waals surface area contributed by atoms with Crippen LogP contribution in [0.3, 0.4) is 0 Å². The van der Waals surface area contributed by atoms with Gasteiger partial charge in [0.2, 0.25) is 0 Å². The molecule has 1 heterocycles. The summed E-state index contributed by atoms with van der Waals surface area (Å²) in [5, 5.41) is 11.7. The summed E-state index contributed by atoms with van der Waals surface area (Å²) in [5.41, 5.74) is 2.48. The number of methoxy groups -OCH3 is 1. The van der Waals surface area contributed by atoms with Crippen molar-refractivity contribution in [3.05, 3.63) is 28.8 Å². The number of nitrogens with one attached hydrogen (secondary N) is 1. The average molecular weight is 320 g/mol. The molecule has 1 saturated heterocycles. The van der Waals surface area contributed by atoms with Crippen molar-refractivity contribution in [1.29, 1.82) is 0 Å². The van der Waals surface area contributed by atoms with Crippen LogP contribution in [0.5, 0.6) is 0 Å². The van der Waals surface area contributed by atoms with Crippen molar-refractivity contribution >= 4 is 23.7 Å². The Hall–Kier alpha value is -2.57. The normalized spacial score (nSPS) is 17.0. The van der Waals surface area contributed by atoms with Crippen LogP contribution in [-0.2, 0) is 9.53 Å². The largest absolute Gasteiger partial charge is 0.481 e. The predicted octanol–water partition coefficient (Wildman–Crippen LogP) is 2.03. The molecule has 1 aliphatic heterocycles. The zero-order valence-electron chi connectivity index (χ0n) is 13.4. The molecule has 1 unspecified atom stereocenters. The van der Waals surface area contributed by atoms with E-state index in [4.69, 9.17) is 9.84 Å². The molecule has 1 atom stereocenters. The minimum Gasteiger partial charge on any atom is -0.481 e. The Kier molecular flexibility index (Phi) is 4.88. The number of nitrogens with zero attached hydrogens (tertiary/aromatic N) is 1. The summed E-state index contributed by atoms with van der Waals surface area (Å²) in [7, 11) is 1.30. The van der Waals surface area contributed by atoms with E-state index in [1.807, 2.05) is 6.92 Å². The van der Waals surface area contributed by atoms with Gasteiger partial charge in [0, 0.05) is 18.8 Å². The molecule has 2 N–H and O–H groups in total. The first kappa shape index (κ1) is 16.8. The van der Waals surface area contributed by atoms with Crippen molar-refractivity contribution in [3.63, 3.8) is 0 Å². The molecule has 7 nitrogen and oxygen atoms in total. The number of rotatable bonds is 3. The molecule has 0 aromatic heterocycles. The van der Waals surface area contributed by atoms with Crippen LogP contribution in [0.1, 0.15) is 27.9 Å². The fourth-order valence-electron chi connectivity index (χ4n) is 2.66. The molecule has 0 bridgehead atoms. The number of hydrogen-bond acceptors (Lipinski definition) is 4. The Bertz CT molecular complexity index is 656. The smallest absolute Gasteiger partial charge is 0.338 e. The van der Waals surface area contributed by atoms with E-state index < -0.39 is 17.9 Å². The molecule has 2 amide bonds. The van der Waals surface area contributed by atoms with Crippen molar-refractivity contribution in [2.45, 2.75) is 20.3 Å². The SMILES string of the molecule is COC(=O)c1cc(NC(=O)N2CCC(C(=O)O)C2)c(C)cc1C. The number of anilines is 1. The second-order valence-corrected chi connectivity index (χ2v) is 5.67. The maximum Gasteiger partial charge on any atom is 0.338 e. The molecule has 23 heavy (non-hydrogen) atoms. The zero-order valence-corrected chi connectivity index (χ0v) is 13.4. The van der Waals surface area contributed by atoms with E-state index >= 15 is 0 Å². The fourth-order valence-corrected chi connectivity index (χ4v) is 2.66. The molecular formula is C16H20N2O5. The molecular weight excluding hydrogens is 300 g/mol. The number of hydrogen-bond donors (Lipinski definition) is 2. The summed E-state index contributed by atoms with van der Waals surface area (Å²) in [5.74, 6) is -1.88. The van der Waals surface area contributed by atoms with Gasteiger partial charge < -0.3 is 20.1 Å². The van der Waals surface area contributed by atoms with Crippen LogP contribution in [0.4, 0.5) is 10.5 Å². The Morgan fingerprint density at radius 2 is 1.96 bits per heavy atom. The summed E-state index contributed by atoms with van der Waals surface area (Å²) in [4.78, 5) is 36.5. The highest BCUT2D eigenvalue weighted by Gasteiger charge is 2.31. The zero-order chi connectivity index (χ0) is 17.1. The second kappa shape index (κ2) is 6.68. The number of likely N-dealkylation sites (tertiary alicyclic amines) is 1. The van der Waals surface area contributed by atoms with E-state index in [1.165, 1.54) is 12.0 Å². The average Bonchev–Trinajstić information content (AvgIpc) is 2.99. The van der Waals surface area contributed by atoms with Crippen LogP contribution in [0, 0.1) is 19.8 Å². The van der Waals surface area contributed by atoms with Gasteiger partial charge in [0.1, 0.15) is 0 Å². The lowest BCUT2D eigenvalue weighted by Gasteiger charge is -2.18. The highest BCUT2D eigenvalue weighted by Crippen LogP contribution is 2.23. The number of aliphatic carboxylic acids is 1. The molecule has 0 radical (unpaired) electrons. The van der Waals surface area contributed by atoms with E-state index in [1.54, 1.807) is 19.1 Å². The number of amides is 2. The summed E-state index contributed by atoms with van der Waals surface area (Å²) < 4.78 is 4.73. The van der Waals surface area contributed by atoms with E-state index in [2.05, 4.69) is 5.32 Å². The van der Waals surface area contributed by atoms with Gasteiger partial charge in [0.25, 0.3) is 0 Å². The number of carbonyl (C=O) groups is 3. The fraction of sp³-hybridized carbons (Fsp3) is 0.438. The minimum atomic E-state index is -0.889. The predicted molar refractivity (Wildman–Crippen MR) is 83.6 cm³/mol. The summed E-state index contributed by atoms with van der Waals surface area (Å²) in [6.45, 7) is 4.21. The molecule has 1 fully saturated rings. The summed E-state index contributed by atoms with van der Waals surface area (Å²) in [6.07, 6.45) is 0.447. The third-order valence-electron chi connectivity index (χ3n) is 4.04. The van der Waals surface area contributed by atoms with Gasteiger partial charge in [-0.3, -0.25) is 4.79 Å². The van der Waals surface area contributed by atoms with Crippen LogP contribution in [-0.4, -0.2) is 48.2 Å². The number of ether oxygens (including phenoxy) is 1. The van der Waals surface area contributed by atoms with Crippen molar-refractivity contribution in [3.8, 4) is 0 Å². The van der Waals surface area contributed by atoms with Gasteiger partial charge in [-0.1, -0.05) is 6.07 Å². The molecule has 0 saturated carbocycles. The number of urea groups is 1. The number of carbonyl (C=O) groups excluding carboxylic acids is 2. The molecule has 1 aromatic rings. The van der Waals surface area contributed by atoms with Gasteiger partial charge >= 0.3 is 18.0 Å². The monoisotopic (exact) mass is 320 g/mol. The molecule has 0 spiro atoms. The summed E-state index contributed by atoms with van der Waals surface area (Å²) >= 11 is 0. The quantitative estimate of drug-likeness (QED) is 0.831. The highest BCUT2D eigenvalue weighted by atomic mass is 16.5. The van der Waals surface area contributed by atoms with Crippen molar-refractivity contribution in [2.75, 3.05) is 25.5 Å². The maximum absolute atomic E-state index is 12.3. The first-order valence-corrected chi connectivity index (χ1v) is 7.31. The van der Waals surface area contributed by atoms with Gasteiger partial charge in [-0.05, 0) is 37.5 Å². The Balaban J connectivity index is 2.15. The molecule has 124 valence electrons. The van der Waals surface area contributed by atoms with Crippen molar-refractivity contribution in [2.24, 2.45) is 5.92 Å². The topological polar surface area (TPSA) is 95.9 Å². The lowest BCUT2D eigenvalue weighted by molar-refractivity contribution is -0.141. The number of carboxylic acid groups (broad SMARTS) is 1. The molecule has 1 aromatic carbocycles. The van der Waals surface area contributed by atoms with Crippen LogP contribution in [0.15, 0.2) is 12.1 Å². The second-order valence-electron chi connectivity index (χ2n) is 5.67.